The summed E-state index contributed by atoms with van der Waals surface area (Å²) in [7, 11) is 3.59. The third-order valence-electron chi connectivity index (χ3n) is 4.77. The van der Waals surface area contributed by atoms with E-state index >= 15 is 0 Å². The van der Waals surface area contributed by atoms with E-state index in [0.717, 1.165) is 37.3 Å². The molecular formula is C20H26N4O. The molecule has 5 heteroatoms. The Morgan fingerprint density at radius 2 is 2.16 bits per heavy atom. The number of hydrogen-bond acceptors (Lipinski definition) is 4. The van der Waals surface area contributed by atoms with Crippen molar-refractivity contribution in [1.82, 2.24) is 14.9 Å². The van der Waals surface area contributed by atoms with Crippen molar-refractivity contribution in [1.29, 1.82) is 0 Å². The Balaban J connectivity index is 1.67. The van der Waals surface area contributed by atoms with E-state index in [4.69, 9.17) is 4.98 Å². The molecule has 25 heavy (non-hydrogen) atoms. The maximum absolute atomic E-state index is 11.8. The number of amides is 1. The van der Waals surface area contributed by atoms with Crippen LogP contribution in [0.15, 0.2) is 42.7 Å². The van der Waals surface area contributed by atoms with Gasteiger partial charge in [-0.1, -0.05) is 6.07 Å². The standard InChI is InChI=1S/C20H26N4O/c1-23(2)20(25)11-10-17-7-3-9-19(22-17)16-6-5-13-24(15-16)18-8-4-12-21-14-18/h3-4,7-9,12,14,16H,5-6,10-11,13,15H2,1-2H3/t16-/m1/s1. The van der Waals surface area contributed by atoms with Gasteiger partial charge in [0.05, 0.1) is 11.9 Å². The lowest BCUT2D eigenvalue weighted by molar-refractivity contribution is -0.128. The number of aryl methyl sites for hydroxylation is 1. The SMILES string of the molecule is CN(C)C(=O)CCc1cccc([C@@H]2CCCN(c3cccnc3)C2)n1. The molecular weight excluding hydrogens is 312 g/mol. The van der Waals surface area contributed by atoms with Crippen LogP contribution in [0.3, 0.4) is 0 Å². The van der Waals surface area contributed by atoms with Crippen molar-refractivity contribution in [3.8, 4) is 0 Å². The Hall–Kier alpha value is -2.43. The van der Waals surface area contributed by atoms with Crippen LogP contribution < -0.4 is 4.90 Å². The molecule has 3 rings (SSSR count). The van der Waals surface area contributed by atoms with E-state index in [1.807, 2.05) is 24.5 Å². The molecule has 1 amide bonds. The molecule has 0 saturated carbocycles. The van der Waals surface area contributed by atoms with E-state index in [1.165, 1.54) is 5.69 Å². The van der Waals surface area contributed by atoms with Gasteiger partial charge in [0.15, 0.2) is 0 Å². The van der Waals surface area contributed by atoms with E-state index in [1.54, 1.807) is 19.0 Å². The minimum atomic E-state index is 0.146. The maximum Gasteiger partial charge on any atom is 0.222 e. The van der Waals surface area contributed by atoms with Gasteiger partial charge in [0.25, 0.3) is 0 Å². The zero-order valence-corrected chi connectivity index (χ0v) is 15.1. The minimum Gasteiger partial charge on any atom is -0.370 e. The van der Waals surface area contributed by atoms with Gasteiger partial charge < -0.3 is 9.80 Å². The summed E-state index contributed by atoms with van der Waals surface area (Å²) in [6.07, 6.45) is 7.26. The second-order valence-electron chi connectivity index (χ2n) is 6.84. The Kier molecular flexibility index (Phi) is 5.64. The summed E-state index contributed by atoms with van der Waals surface area (Å²) in [5.41, 5.74) is 3.33. The van der Waals surface area contributed by atoms with Crippen LogP contribution in [0.25, 0.3) is 0 Å². The van der Waals surface area contributed by atoms with Crippen LogP contribution in [-0.2, 0) is 11.2 Å². The predicted molar refractivity (Wildman–Crippen MR) is 99.7 cm³/mol. The van der Waals surface area contributed by atoms with E-state index in [-0.39, 0.29) is 5.91 Å². The summed E-state index contributed by atoms with van der Waals surface area (Å²) >= 11 is 0. The number of carbonyl (C=O) groups excluding carboxylic acids is 1. The molecule has 5 nitrogen and oxygen atoms in total. The first kappa shape index (κ1) is 17.4. The van der Waals surface area contributed by atoms with Gasteiger partial charge >= 0.3 is 0 Å². The van der Waals surface area contributed by atoms with Crippen LogP contribution in [0.5, 0.6) is 0 Å². The van der Waals surface area contributed by atoms with Gasteiger partial charge in [-0.15, -0.1) is 0 Å². The number of carbonyl (C=O) groups is 1. The second kappa shape index (κ2) is 8.10. The van der Waals surface area contributed by atoms with Gasteiger partial charge in [0, 0.05) is 57.1 Å². The molecule has 0 aliphatic carbocycles. The highest BCUT2D eigenvalue weighted by atomic mass is 16.2. The highest BCUT2D eigenvalue weighted by molar-refractivity contribution is 5.75. The maximum atomic E-state index is 11.8. The average molecular weight is 338 g/mol. The third-order valence-corrected chi connectivity index (χ3v) is 4.77. The molecule has 1 saturated heterocycles. The van der Waals surface area contributed by atoms with E-state index in [2.05, 4.69) is 28.1 Å². The summed E-state index contributed by atoms with van der Waals surface area (Å²) in [6.45, 7) is 2.04. The van der Waals surface area contributed by atoms with Crippen molar-refractivity contribution >= 4 is 11.6 Å². The van der Waals surface area contributed by atoms with Crippen LogP contribution in [-0.4, -0.2) is 48.0 Å². The van der Waals surface area contributed by atoms with Crippen molar-refractivity contribution in [2.24, 2.45) is 0 Å². The third kappa shape index (κ3) is 4.56. The largest absolute Gasteiger partial charge is 0.370 e. The number of aromatic nitrogens is 2. The first-order chi connectivity index (χ1) is 12.1. The number of hydrogen-bond donors (Lipinski definition) is 0. The minimum absolute atomic E-state index is 0.146. The van der Waals surface area contributed by atoms with Gasteiger partial charge in [0.1, 0.15) is 0 Å². The molecule has 0 radical (unpaired) electrons. The molecule has 0 bridgehead atoms. The summed E-state index contributed by atoms with van der Waals surface area (Å²) in [6, 6.07) is 10.3. The smallest absolute Gasteiger partial charge is 0.222 e. The highest BCUT2D eigenvalue weighted by Gasteiger charge is 2.23. The van der Waals surface area contributed by atoms with Crippen molar-refractivity contribution < 1.29 is 4.79 Å². The number of pyridine rings is 2. The molecule has 0 N–H and O–H groups in total. The Bertz CT molecular complexity index is 702. The molecule has 1 aliphatic heterocycles. The Labute approximate surface area is 149 Å². The number of anilines is 1. The van der Waals surface area contributed by atoms with Gasteiger partial charge in [0.2, 0.25) is 5.91 Å². The van der Waals surface area contributed by atoms with Crippen LogP contribution in [0, 0.1) is 0 Å². The molecule has 0 aromatic carbocycles. The zero-order valence-electron chi connectivity index (χ0n) is 15.1. The molecule has 132 valence electrons. The first-order valence-electron chi connectivity index (χ1n) is 8.94. The van der Waals surface area contributed by atoms with E-state index in [0.29, 0.717) is 18.8 Å². The topological polar surface area (TPSA) is 49.3 Å². The van der Waals surface area contributed by atoms with Crippen LogP contribution in [0.1, 0.15) is 36.6 Å². The summed E-state index contributed by atoms with van der Waals surface area (Å²) < 4.78 is 0. The number of rotatable bonds is 5. The Morgan fingerprint density at radius 1 is 1.28 bits per heavy atom. The van der Waals surface area contributed by atoms with Gasteiger partial charge in [-0.2, -0.15) is 0 Å². The summed E-state index contributed by atoms with van der Waals surface area (Å²) in [4.78, 5) is 24.9. The monoisotopic (exact) mass is 338 g/mol. The number of nitrogens with zero attached hydrogens (tertiary/aromatic N) is 4. The molecule has 3 heterocycles. The van der Waals surface area contributed by atoms with E-state index in [9.17, 15) is 4.79 Å². The molecule has 2 aromatic heterocycles. The first-order valence-corrected chi connectivity index (χ1v) is 8.94. The highest BCUT2D eigenvalue weighted by Crippen LogP contribution is 2.28. The van der Waals surface area contributed by atoms with Crippen LogP contribution in [0.2, 0.25) is 0 Å². The number of piperidine rings is 1. The molecule has 1 fully saturated rings. The quantitative estimate of drug-likeness (QED) is 0.841. The zero-order chi connectivity index (χ0) is 17.6. The fourth-order valence-electron chi connectivity index (χ4n) is 3.32. The molecule has 0 spiro atoms. The molecule has 2 aromatic rings. The lowest BCUT2D eigenvalue weighted by Gasteiger charge is -2.34. The van der Waals surface area contributed by atoms with Gasteiger partial charge in [-0.05, 0) is 43.5 Å². The predicted octanol–water partition coefficient (Wildman–Crippen LogP) is 2.88. The molecule has 1 atom stereocenters. The summed E-state index contributed by atoms with van der Waals surface area (Å²) in [5.74, 6) is 0.575. The van der Waals surface area contributed by atoms with E-state index < -0.39 is 0 Å². The lowest BCUT2D eigenvalue weighted by atomic mass is 9.93. The molecule has 1 aliphatic rings. The average Bonchev–Trinajstić information content (AvgIpc) is 2.67. The van der Waals surface area contributed by atoms with Gasteiger partial charge in [-0.3, -0.25) is 14.8 Å². The Morgan fingerprint density at radius 3 is 2.92 bits per heavy atom. The fourth-order valence-corrected chi connectivity index (χ4v) is 3.32. The van der Waals surface area contributed by atoms with Crippen LogP contribution >= 0.6 is 0 Å². The van der Waals surface area contributed by atoms with Crippen molar-refractivity contribution in [2.75, 3.05) is 32.1 Å². The normalized spacial score (nSPS) is 17.4. The summed E-state index contributed by atoms with van der Waals surface area (Å²) in [5, 5.41) is 0. The van der Waals surface area contributed by atoms with Crippen molar-refractivity contribution in [3.05, 3.63) is 54.1 Å². The lowest BCUT2D eigenvalue weighted by Crippen LogP contribution is -2.34. The van der Waals surface area contributed by atoms with Gasteiger partial charge in [-0.25, -0.2) is 0 Å². The fraction of sp³-hybridized carbons (Fsp3) is 0.450. The molecule has 0 unspecified atom stereocenters. The second-order valence-corrected chi connectivity index (χ2v) is 6.84. The van der Waals surface area contributed by atoms with Crippen molar-refractivity contribution in [2.45, 2.75) is 31.6 Å². The van der Waals surface area contributed by atoms with Crippen LogP contribution in [0.4, 0.5) is 5.69 Å². The van der Waals surface area contributed by atoms with Crippen molar-refractivity contribution in [3.63, 3.8) is 0 Å².